The zero-order chi connectivity index (χ0) is 9.90. The van der Waals surface area contributed by atoms with Crippen molar-refractivity contribution >= 4 is 21.8 Å². The maximum Gasteiger partial charge on any atom is 0.318 e. The van der Waals surface area contributed by atoms with Crippen molar-refractivity contribution in [1.82, 2.24) is 10.3 Å². The van der Waals surface area contributed by atoms with Crippen LogP contribution in [0.1, 0.15) is 10.6 Å². The Bertz CT molecular complexity index is 283. The number of nitrogens with one attached hydrogen (secondary N) is 1. The first-order chi connectivity index (χ1) is 5.99. The fourth-order valence-corrected chi connectivity index (χ4v) is 0.736. The molecule has 0 aliphatic heterocycles. The lowest BCUT2D eigenvalue weighted by atomic mass is 10.4. The molecule has 0 fully saturated rings. The molecule has 1 aromatic heterocycles. The number of carbonyl (C=O) groups is 1. The highest BCUT2D eigenvalue weighted by Crippen LogP contribution is 2.19. The summed E-state index contributed by atoms with van der Waals surface area (Å²) >= 11 is 2.08. The average Bonchev–Trinajstić information content (AvgIpc) is 2.50. The fourth-order valence-electron chi connectivity index (χ4n) is 0.596. The first-order valence-electron chi connectivity index (χ1n) is 3.22. The van der Waals surface area contributed by atoms with Gasteiger partial charge in [0.05, 0.1) is 12.7 Å². The van der Waals surface area contributed by atoms with Crippen LogP contribution in [0.2, 0.25) is 0 Å². The lowest BCUT2D eigenvalue weighted by molar-refractivity contribution is 0.0812. The molecule has 1 amide bonds. The Balaban J connectivity index is 2.44. The van der Waals surface area contributed by atoms with Gasteiger partial charge in [0.1, 0.15) is 0 Å². The summed E-state index contributed by atoms with van der Waals surface area (Å²) in [4.78, 5) is 11.3. The standard InChI is InChI=1S/C6H5BrF2N2O2/c7-6(8,9)2-11-5(12)4-1-10-3-13-4/h1,3H,2H2,(H,11,12). The van der Waals surface area contributed by atoms with Crippen LogP contribution in [-0.2, 0) is 0 Å². The summed E-state index contributed by atoms with van der Waals surface area (Å²) in [6.45, 7) is -0.799. The van der Waals surface area contributed by atoms with Crippen LogP contribution in [0.3, 0.4) is 0 Å². The number of alkyl halides is 3. The molecule has 0 aromatic carbocycles. The Morgan fingerprint density at radius 3 is 2.92 bits per heavy atom. The van der Waals surface area contributed by atoms with Crippen molar-refractivity contribution in [2.45, 2.75) is 4.83 Å². The lowest BCUT2D eigenvalue weighted by Gasteiger charge is -2.07. The third-order valence-electron chi connectivity index (χ3n) is 1.11. The number of hydrogen-bond acceptors (Lipinski definition) is 3. The van der Waals surface area contributed by atoms with E-state index in [2.05, 4.69) is 25.3 Å². The summed E-state index contributed by atoms with van der Waals surface area (Å²) in [6.07, 6.45) is 2.18. The van der Waals surface area contributed by atoms with Crippen LogP contribution >= 0.6 is 15.9 Å². The minimum atomic E-state index is -3.11. The van der Waals surface area contributed by atoms with Crippen LogP contribution in [0.15, 0.2) is 17.0 Å². The van der Waals surface area contributed by atoms with E-state index >= 15 is 0 Å². The second-order valence-corrected chi connectivity index (χ2v) is 3.32. The molecule has 0 saturated carbocycles. The molecule has 0 spiro atoms. The number of amides is 1. The molecule has 13 heavy (non-hydrogen) atoms. The Labute approximate surface area is 80.5 Å². The molecular formula is C6H5BrF2N2O2. The van der Waals surface area contributed by atoms with E-state index < -0.39 is 17.3 Å². The zero-order valence-electron chi connectivity index (χ0n) is 6.26. The van der Waals surface area contributed by atoms with Gasteiger partial charge in [0, 0.05) is 0 Å². The van der Waals surface area contributed by atoms with E-state index in [0.717, 1.165) is 12.6 Å². The molecule has 0 aliphatic carbocycles. The second-order valence-electron chi connectivity index (χ2n) is 2.16. The van der Waals surface area contributed by atoms with Crippen molar-refractivity contribution in [3.63, 3.8) is 0 Å². The highest BCUT2D eigenvalue weighted by molar-refractivity contribution is 9.10. The number of nitrogens with zero attached hydrogens (tertiary/aromatic N) is 1. The molecule has 1 heterocycles. The predicted octanol–water partition coefficient (Wildman–Crippen LogP) is 1.39. The minimum absolute atomic E-state index is 0.100. The van der Waals surface area contributed by atoms with Gasteiger partial charge in [-0.25, -0.2) is 4.98 Å². The topological polar surface area (TPSA) is 55.1 Å². The first-order valence-corrected chi connectivity index (χ1v) is 4.02. The molecule has 1 N–H and O–H groups in total. The van der Waals surface area contributed by atoms with Gasteiger partial charge in [-0.3, -0.25) is 4.79 Å². The van der Waals surface area contributed by atoms with Gasteiger partial charge in [-0.2, -0.15) is 8.78 Å². The van der Waals surface area contributed by atoms with E-state index in [-0.39, 0.29) is 5.76 Å². The minimum Gasteiger partial charge on any atom is -0.438 e. The summed E-state index contributed by atoms with van der Waals surface area (Å²) in [6, 6.07) is 0. The van der Waals surface area contributed by atoms with Crippen LogP contribution in [0, 0.1) is 0 Å². The molecule has 0 unspecified atom stereocenters. The first kappa shape index (κ1) is 10.1. The van der Waals surface area contributed by atoms with Gasteiger partial charge in [-0.15, -0.1) is 0 Å². The predicted molar refractivity (Wildman–Crippen MR) is 42.7 cm³/mol. The largest absolute Gasteiger partial charge is 0.438 e. The Hall–Kier alpha value is -0.980. The van der Waals surface area contributed by atoms with E-state index in [1.165, 1.54) is 0 Å². The highest BCUT2D eigenvalue weighted by atomic mass is 79.9. The van der Waals surface area contributed by atoms with Gasteiger partial charge >= 0.3 is 4.83 Å². The number of aromatic nitrogens is 1. The van der Waals surface area contributed by atoms with E-state index in [9.17, 15) is 13.6 Å². The van der Waals surface area contributed by atoms with E-state index in [1.54, 1.807) is 0 Å². The number of oxazole rings is 1. The maximum atomic E-state index is 12.2. The van der Waals surface area contributed by atoms with Crippen LogP contribution in [0.25, 0.3) is 0 Å². The fraction of sp³-hybridized carbons (Fsp3) is 0.333. The zero-order valence-corrected chi connectivity index (χ0v) is 7.85. The molecule has 72 valence electrons. The molecule has 0 radical (unpaired) electrons. The van der Waals surface area contributed by atoms with Gasteiger partial charge < -0.3 is 9.73 Å². The summed E-state index contributed by atoms with van der Waals surface area (Å²) < 4.78 is 28.9. The summed E-state index contributed by atoms with van der Waals surface area (Å²) in [5, 5.41) is 1.96. The quantitative estimate of drug-likeness (QED) is 0.830. The SMILES string of the molecule is O=C(NCC(F)(F)Br)c1cnco1. The molecule has 0 saturated heterocycles. The van der Waals surface area contributed by atoms with Gasteiger partial charge in [0.15, 0.2) is 6.39 Å². The Kier molecular flexibility index (Phi) is 2.97. The van der Waals surface area contributed by atoms with Crippen molar-refractivity contribution in [2.75, 3.05) is 6.54 Å². The Morgan fingerprint density at radius 2 is 2.46 bits per heavy atom. The smallest absolute Gasteiger partial charge is 0.318 e. The van der Waals surface area contributed by atoms with Crippen molar-refractivity contribution in [1.29, 1.82) is 0 Å². The highest BCUT2D eigenvalue weighted by Gasteiger charge is 2.25. The second kappa shape index (κ2) is 3.82. The Morgan fingerprint density at radius 1 is 1.77 bits per heavy atom. The number of hydrogen-bond donors (Lipinski definition) is 1. The van der Waals surface area contributed by atoms with E-state index in [0.29, 0.717) is 0 Å². The van der Waals surface area contributed by atoms with Gasteiger partial charge in [-0.05, 0) is 15.9 Å². The molecule has 1 aromatic rings. The number of rotatable bonds is 3. The monoisotopic (exact) mass is 254 g/mol. The van der Waals surface area contributed by atoms with Gasteiger partial charge in [0.25, 0.3) is 5.91 Å². The van der Waals surface area contributed by atoms with E-state index in [4.69, 9.17) is 0 Å². The molecule has 0 atom stereocenters. The molecular weight excluding hydrogens is 250 g/mol. The third kappa shape index (κ3) is 3.49. The molecule has 7 heteroatoms. The van der Waals surface area contributed by atoms with Crippen molar-refractivity contribution in [2.24, 2.45) is 0 Å². The third-order valence-corrected chi connectivity index (χ3v) is 1.39. The average molecular weight is 255 g/mol. The van der Waals surface area contributed by atoms with Crippen molar-refractivity contribution < 1.29 is 18.0 Å². The maximum absolute atomic E-state index is 12.2. The summed E-state index contributed by atoms with van der Waals surface area (Å²) in [5.74, 6) is -0.826. The van der Waals surface area contributed by atoms with Crippen LogP contribution in [0.5, 0.6) is 0 Å². The van der Waals surface area contributed by atoms with Crippen molar-refractivity contribution in [3.8, 4) is 0 Å². The number of halogens is 3. The molecule has 0 bridgehead atoms. The lowest BCUT2D eigenvalue weighted by Crippen LogP contribution is -2.32. The van der Waals surface area contributed by atoms with E-state index in [1.807, 2.05) is 5.32 Å². The summed E-state index contributed by atoms with van der Waals surface area (Å²) in [5.41, 5.74) is 0. The normalized spacial score (nSPS) is 11.3. The number of carbonyl (C=O) groups excluding carboxylic acids is 1. The summed E-state index contributed by atoms with van der Waals surface area (Å²) in [7, 11) is 0. The molecule has 1 rings (SSSR count). The van der Waals surface area contributed by atoms with Crippen molar-refractivity contribution in [3.05, 3.63) is 18.4 Å². The molecule has 0 aliphatic rings. The van der Waals surface area contributed by atoms with Gasteiger partial charge in [0.2, 0.25) is 5.76 Å². The van der Waals surface area contributed by atoms with Crippen LogP contribution in [-0.4, -0.2) is 22.3 Å². The molecule has 4 nitrogen and oxygen atoms in total. The van der Waals surface area contributed by atoms with Crippen LogP contribution in [0.4, 0.5) is 8.78 Å². The van der Waals surface area contributed by atoms with Crippen LogP contribution < -0.4 is 5.32 Å². The van der Waals surface area contributed by atoms with Gasteiger partial charge in [-0.1, -0.05) is 0 Å².